The summed E-state index contributed by atoms with van der Waals surface area (Å²) < 4.78 is 11.0. The van der Waals surface area contributed by atoms with Gasteiger partial charge in [0.15, 0.2) is 0 Å². The van der Waals surface area contributed by atoms with E-state index in [0.29, 0.717) is 34.1 Å². The van der Waals surface area contributed by atoms with E-state index in [1.165, 1.54) is 7.11 Å². The predicted octanol–water partition coefficient (Wildman–Crippen LogP) is 5.48. The Morgan fingerprint density at radius 2 is 1.68 bits per heavy atom. The standard InChI is InChI=1S/C28H26ClN3O5/c1-16(2)37-21-11-9-19(10-12-21)31-26(33)18-6-5-7-20(15-18)30-25-24(29)27(34)32(28(25)35)22-14-17(3)8-13-23(22)36-4/h5-16,30H,1-4H3,(H,31,33). The fourth-order valence-corrected chi connectivity index (χ4v) is 3.99. The van der Waals surface area contributed by atoms with Crippen molar-refractivity contribution in [1.29, 1.82) is 0 Å². The molecule has 1 heterocycles. The van der Waals surface area contributed by atoms with Gasteiger partial charge in [0.05, 0.1) is 18.9 Å². The van der Waals surface area contributed by atoms with Crippen LogP contribution in [-0.4, -0.2) is 30.9 Å². The molecule has 0 unspecified atom stereocenters. The monoisotopic (exact) mass is 519 g/mol. The summed E-state index contributed by atoms with van der Waals surface area (Å²) in [5, 5.41) is 5.48. The van der Waals surface area contributed by atoms with E-state index in [0.717, 1.165) is 10.5 Å². The highest BCUT2D eigenvalue weighted by atomic mass is 35.5. The van der Waals surface area contributed by atoms with Gasteiger partial charge in [-0.2, -0.15) is 0 Å². The van der Waals surface area contributed by atoms with E-state index in [9.17, 15) is 14.4 Å². The lowest BCUT2D eigenvalue weighted by molar-refractivity contribution is -0.120. The first-order chi connectivity index (χ1) is 17.7. The van der Waals surface area contributed by atoms with Crippen LogP contribution in [0.15, 0.2) is 77.5 Å². The Morgan fingerprint density at radius 1 is 0.946 bits per heavy atom. The van der Waals surface area contributed by atoms with Gasteiger partial charge in [0.2, 0.25) is 0 Å². The first-order valence-electron chi connectivity index (χ1n) is 11.6. The number of carbonyl (C=O) groups excluding carboxylic acids is 3. The van der Waals surface area contributed by atoms with Gasteiger partial charge in [0, 0.05) is 16.9 Å². The number of hydrogen-bond acceptors (Lipinski definition) is 6. The second kappa shape index (κ2) is 10.8. The summed E-state index contributed by atoms with van der Waals surface area (Å²) >= 11 is 6.28. The minimum absolute atomic E-state index is 0.0484. The first-order valence-corrected chi connectivity index (χ1v) is 11.9. The third-order valence-electron chi connectivity index (χ3n) is 5.48. The van der Waals surface area contributed by atoms with Gasteiger partial charge in [0.25, 0.3) is 17.7 Å². The number of carbonyl (C=O) groups is 3. The number of nitrogens with one attached hydrogen (secondary N) is 2. The molecule has 3 amide bonds. The zero-order valence-electron chi connectivity index (χ0n) is 20.8. The summed E-state index contributed by atoms with van der Waals surface area (Å²) in [6.07, 6.45) is 0.0484. The number of rotatable bonds is 8. The van der Waals surface area contributed by atoms with E-state index < -0.39 is 11.8 Å². The molecule has 4 rings (SSSR count). The van der Waals surface area contributed by atoms with E-state index in [1.807, 2.05) is 26.8 Å². The Hall–Kier alpha value is -4.30. The van der Waals surface area contributed by atoms with Crippen molar-refractivity contribution >= 4 is 46.4 Å². The molecule has 0 saturated heterocycles. The van der Waals surface area contributed by atoms with Crippen LogP contribution in [0.1, 0.15) is 29.8 Å². The van der Waals surface area contributed by atoms with E-state index in [4.69, 9.17) is 21.1 Å². The zero-order valence-corrected chi connectivity index (χ0v) is 21.6. The predicted molar refractivity (Wildman–Crippen MR) is 143 cm³/mol. The molecule has 3 aromatic carbocycles. The SMILES string of the molecule is COc1ccc(C)cc1N1C(=O)C(Cl)=C(Nc2cccc(C(=O)Nc3ccc(OC(C)C)cc3)c2)C1=O. The lowest BCUT2D eigenvalue weighted by atomic mass is 10.1. The molecule has 0 aliphatic carbocycles. The molecular weight excluding hydrogens is 494 g/mol. The fraction of sp³-hybridized carbons (Fsp3) is 0.179. The summed E-state index contributed by atoms with van der Waals surface area (Å²) in [7, 11) is 1.46. The third-order valence-corrected chi connectivity index (χ3v) is 5.83. The lowest BCUT2D eigenvalue weighted by Crippen LogP contribution is -2.32. The molecule has 9 heteroatoms. The molecule has 1 aliphatic heterocycles. The molecule has 0 atom stereocenters. The summed E-state index contributed by atoms with van der Waals surface area (Å²) in [6.45, 7) is 5.71. The Morgan fingerprint density at radius 3 is 2.35 bits per heavy atom. The molecule has 3 aromatic rings. The van der Waals surface area contributed by atoms with Crippen molar-refractivity contribution in [3.8, 4) is 11.5 Å². The Labute approximate surface area is 219 Å². The average molecular weight is 520 g/mol. The highest BCUT2D eigenvalue weighted by Gasteiger charge is 2.40. The molecule has 0 bridgehead atoms. The smallest absolute Gasteiger partial charge is 0.283 e. The van der Waals surface area contributed by atoms with Crippen LogP contribution < -0.4 is 25.0 Å². The molecule has 190 valence electrons. The van der Waals surface area contributed by atoms with Gasteiger partial charge in [-0.25, -0.2) is 4.90 Å². The summed E-state index contributed by atoms with van der Waals surface area (Å²) in [5.74, 6) is -0.575. The van der Waals surface area contributed by atoms with Crippen molar-refractivity contribution in [2.45, 2.75) is 26.9 Å². The number of hydrogen-bond donors (Lipinski definition) is 2. The molecule has 0 fully saturated rings. The lowest BCUT2D eigenvalue weighted by Gasteiger charge is -2.18. The third kappa shape index (κ3) is 5.59. The Bertz CT molecular complexity index is 1400. The number of anilines is 3. The normalized spacial score (nSPS) is 13.3. The minimum Gasteiger partial charge on any atom is -0.495 e. The first kappa shape index (κ1) is 25.8. The largest absolute Gasteiger partial charge is 0.495 e. The van der Waals surface area contributed by atoms with Crippen LogP contribution in [0.3, 0.4) is 0 Å². The minimum atomic E-state index is -0.670. The van der Waals surface area contributed by atoms with Crippen molar-refractivity contribution in [2.75, 3.05) is 22.6 Å². The van der Waals surface area contributed by atoms with Gasteiger partial charge < -0.3 is 20.1 Å². The molecule has 2 N–H and O–H groups in total. The molecule has 37 heavy (non-hydrogen) atoms. The van der Waals surface area contributed by atoms with Crippen molar-refractivity contribution in [3.05, 3.63) is 88.6 Å². The van der Waals surface area contributed by atoms with Gasteiger partial charge in [-0.15, -0.1) is 0 Å². The Balaban J connectivity index is 1.51. The summed E-state index contributed by atoms with van der Waals surface area (Å²) in [4.78, 5) is 39.9. The van der Waals surface area contributed by atoms with Crippen LogP contribution in [0.4, 0.5) is 17.1 Å². The maximum absolute atomic E-state index is 13.2. The van der Waals surface area contributed by atoms with E-state index >= 15 is 0 Å². The summed E-state index contributed by atoms with van der Waals surface area (Å²) in [5.41, 5.74) is 2.41. The van der Waals surface area contributed by atoms with Crippen LogP contribution in [0.25, 0.3) is 0 Å². The molecule has 1 aliphatic rings. The van der Waals surface area contributed by atoms with Crippen molar-refractivity contribution in [3.63, 3.8) is 0 Å². The highest BCUT2D eigenvalue weighted by Crippen LogP contribution is 2.36. The molecule has 0 aromatic heterocycles. The van der Waals surface area contributed by atoms with E-state index in [-0.39, 0.29) is 22.7 Å². The molecule has 0 spiro atoms. The Kier molecular flexibility index (Phi) is 7.50. The van der Waals surface area contributed by atoms with Crippen LogP contribution in [-0.2, 0) is 9.59 Å². The van der Waals surface area contributed by atoms with Gasteiger partial charge in [0.1, 0.15) is 22.2 Å². The summed E-state index contributed by atoms with van der Waals surface area (Å²) in [6, 6.07) is 18.7. The van der Waals surface area contributed by atoms with Crippen LogP contribution in [0.2, 0.25) is 0 Å². The topological polar surface area (TPSA) is 97.0 Å². The number of nitrogens with zero attached hydrogens (tertiary/aromatic N) is 1. The number of methoxy groups -OCH3 is 1. The van der Waals surface area contributed by atoms with Crippen LogP contribution in [0, 0.1) is 6.92 Å². The van der Waals surface area contributed by atoms with E-state index in [2.05, 4.69) is 10.6 Å². The van der Waals surface area contributed by atoms with Gasteiger partial charge in [-0.05, 0) is 80.9 Å². The van der Waals surface area contributed by atoms with Crippen LogP contribution >= 0.6 is 11.6 Å². The molecule has 0 saturated carbocycles. The average Bonchev–Trinajstić information content (AvgIpc) is 3.08. The molecule has 0 radical (unpaired) electrons. The second-order valence-corrected chi connectivity index (χ2v) is 9.04. The quantitative estimate of drug-likeness (QED) is 0.383. The second-order valence-electron chi connectivity index (χ2n) is 8.66. The number of imide groups is 1. The van der Waals surface area contributed by atoms with E-state index in [1.54, 1.807) is 60.7 Å². The van der Waals surface area contributed by atoms with Crippen molar-refractivity contribution in [2.24, 2.45) is 0 Å². The molecular formula is C28H26ClN3O5. The van der Waals surface area contributed by atoms with Gasteiger partial charge >= 0.3 is 0 Å². The van der Waals surface area contributed by atoms with Crippen molar-refractivity contribution < 1.29 is 23.9 Å². The van der Waals surface area contributed by atoms with Gasteiger partial charge in [-0.1, -0.05) is 23.7 Å². The van der Waals surface area contributed by atoms with Crippen molar-refractivity contribution in [1.82, 2.24) is 0 Å². The fourth-order valence-electron chi connectivity index (χ4n) is 3.78. The number of ether oxygens (including phenoxy) is 2. The number of amides is 3. The number of aryl methyl sites for hydroxylation is 1. The van der Waals surface area contributed by atoms with Gasteiger partial charge in [-0.3, -0.25) is 14.4 Å². The maximum atomic E-state index is 13.2. The number of halogens is 1. The number of benzene rings is 3. The zero-order chi connectivity index (χ0) is 26.7. The highest BCUT2D eigenvalue weighted by molar-refractivity contribution is 6.53. The van der Waals surface area contributed by atoms with Crippen LogP contribution in [0.5, 0.6) is 11.5 Å². The molecule has 8 nitrogen and oxygen atoms in total. The maximum Gasteiger partial charge on any atom is 0.283 e.